The van der Waals surface area contributed by atoms with Crippen LogP contribution >= 0.6 is 0 Å². The lowest BCUT2D eigenvalue weighted by Gasteiger charge is -2.18. The summed E-state index contributed by atoms with van der Waals surface area (Å²) in [5.41, 5.74) is 0. The number of unbranched alkanes of at least 4 members (excludes halogenated alkanes) is 10. The van der Waals surface area contributed by atoms with E-state index in [0.717, 1.165) is 96.3 Å². The number of rotatable bonds is 27. The van der Waals surface area contributed by atoms with E-state index in [1.807, 2.05) is 0 Å². The molecule has 0 heterocycles. The van der Waals surface area contributed by atoms with E-state index >= 15 is 0 Å². The van der Waals surface area contributed by atoms with Gasteiger partial charge in [-0.3, -0.25) is 9.59 Å². The van der Waals surface area contributed by atoms with Crippen LogP contribution in [0.3, 0.4) is 0 Å². The van der Waals surface area contributed by atoms with Crippen molar-refractivity contribution in [3.63, 3.8) is 0 Å². The van der Waals surface area contributed by atoms with Crippen LogP contribution in [-0.4, -0.2) is 23.1 Å². The molecular formula is C34H58O4. The summed E-state index contributed by atoms with van der Waals surface area (Å²) in [6.07, 6.45) is 38.4. The first kappa shape index (κ1) is 35.9. The third kappa shape index (κ3) is 28.5. The lowest BCUT2D eigenvalue weighted by Crippen LogP contribution is -2.18. The molecule has 0 aromatic rings. The molecule has 0 aliphatic rings. The fourth-order valence-corrected chi connectivity index (χ4v) is 4.29. The molecule has 1 unspecified atom stereocenters. The molecule has 0 fully saturated rings. The molecule has 38 heavy (non-hydrogen) atoms. The third-order valence-corrected chi connectivity index (χ3v) is 6.57. The SMILES string of the molecule is CC/C=C\C/C=C\C/C=C\C/C=C\CCCCC(=O)OC(CCCCCCC)CCCCCCCC(=O)O. The van der Waals surface area contributed by atoms with Gasteiger partial charge in [0.2, 0.25) is 0 Å². The average Bonchev–Trinajstić information content (AvgIpc) is 2.89. The molecule has 0 amide bonds. The molecule has 0 aromatic carbocycles. The Labute approximate surface area is 234 Å². The van der Waals surface area contributed by atoms with E-state index in [0.29, 0.717) is 6.42 Å². The van der Waals surface area contributed by atoms with E-state index in [9.17, 15) is 9.59 Å². The van der Waals surface area contributed by atoms with Crippen molar-refractivity contribution < 1.29 is 19.4 Å². The van der Waals surface area contributed by atoms with Crippen LogP contribution in [0.15, 0.2) is 48.6 Å². The molecule has 0 spiro atoms. The van der Waals surface area contributed by atoms with Crippen molar-refractivity contribution in [1.82, 2.24) is 0 Å². The Morgan fingerprint density at radius 1 is 0.605 bits per heavy atom. The summed E-state index contributed by atoms with van der Waals surface area (Å²) in [7, 11) is 0. The Morgan fingerprint density at radius 3 is 1.68 bits per heavy atom. The van der Waals surface area contributed by atoms with Gasteiger partial charge in [-0.05, 0) is 77.0 Å². The first-order valence-corrected chi connectivity index (χ1v) is 15.6. The number of aliphatic carboxylic acids is 1. The van der Waals surface area contributed by atoms with Crippen LogP contribution in [0, 0.1) is 0 Å². The van der Waals surface area contributed by atoms with E-state index in [2.05, 4.69) is 62.5 Å². The summed E-state index contributed by atoms with van der Waals surface area (Å²) >= 11 is 0. The van der Waals surface area contributed by atoms with E-state index in [1.54, 1.807) is 0 Å². The minimum absolute atomic E-state index is 0.0393. The van der Waals surface area contributed by atoms with Crippen LogP contribution in [0.4, 0.5) is 0 Å². The molecule has 0 bridgehead atoms. The molecule has 0 aromatic heterocycles. The minimum atomic E-state index is -0.710. The topological polar surface area (TPSA) is 63.6 Å². The molecule has 0 saturated carbocycles. The molecule has 1 N–H and O–H groups in total. The van der Waals surface area contributed by atoms with Gasteiger partial charge >= 0.3 is 11.9 Å². The van der Waals surface area contributed by atoms with Gasteiger partial charge in [0, 0.05) is 12.8 Å². The van der Waals surface area contributed by atoms with Crippen molar-refractivity contribution in [1.29, 1.82) is 0 Å². The Hall–Kier alpha value is -2.10. The molecule has 0 aliphatic carbocycles. The zero-order chi connectivity index (χ0) is 27.9. The van der Waals surface area contributed by atoms with E-state index in [4.69, 9.17) is 9.84 Å². The second-order valence-electron chi connectivity index (χ2n) is 10.3. The summed E-state index contributed by atoms with van der Waals surface area (Å²) in [6.45, 7) is 4.38. The van der Waals surface area contributed by atoms with Crippen LogP contribution < -0.4 is 0 Å². The maximum Gasteiger partial charge on any atom is 0.306 e. The predicted molar refractivity (Wildman–Crippen MR) is 162 cm³/mol. The van der Waals surface area contributed by atoms with Gasteiger partial charge in [-0.2, -0.15) is 0 Å². The van der Waals surface area contributed by atoms with Crippen molar-refractivity contribution in [3.8, 4) is 0 Å². The normalized spacial score (nSPS) is 12.9. The smallest absolute Gasteiger partial charge is 0.306 e. The second-order valence-corrected chi connectivity index (χ2v) is 10.3. The monoisotopic (exact) mass is 530 g/mol. The zero-order valence-corrected chi connectivity index (χ0v) is 24.7. The Balaban J connectivity index is 4.03. The molecule has 1 atom stereocenters. The van der Waals surface area contributed by atoms with Crippen molar-refractivity contribution >= 4 is 11.9 Å². The number of esters is 1. The van der Waals surface area contributed by atoms with Crippen LogP contribution in [0.25, 0.3) is 0 Å². The molecule has 0 saturated heterocycles. The van der Waals surface area contributed by atoms with E-state index in [1.165, 1.54) is 25.7 Å². The van der Waals surface area contributed by atoms with Crippen molar-refractivity contribution in [2.45, 2.75) is 155 Å². The summed E-state index contributed by atoms with van der Waals surface area (Å²) < 4.78 is 5.88. The number of carbonyl (C=O) groups excluding carboxylic acids is 1. The van der Waals surface area contributed by atoms with E-state index in [-0.39, 0.29) is 18.5 Å². The highest BCUT2D eigenvalue weighted by Gasteiger charge is 2.14. The number of carboxylic acid groups (broad SMARTS) is 1. The maximum atomic E-state index is 12.4. The van der Waals surface area contributed by atoms with Gasteiger partial charge in [0.05, 0.1) is 0 Å². The number of ether oxygens (including phenoxy) is 1. The standard InChI is InChI=1S/C34H58O4/c1-3-5-7-9-10-11-12-13-14-15-16-17-18-23-27-31-34(37)38-32(28-24-20-8-6-4-2)29-25-21-19-22-26-30-33(35)36/h5,7,10-11,13-14,16-17,32H,3-4,6,8-9,12,15,18-31H2,1-2H3,(H,35,36)/b7-5-,11-10-,14-13-,17-16-. The van der Waals surface area contributed by atoms with Crippen LogP contribution in [0.1, 0.15) is 149 Å². The molecule has 0 radical (unpaired) electrons. The maximum absolute atomic E-state index is 12.4. The van der Waals surface area contributed by atoms with Crippen molar-refractivity contribution in [2.75, 3.05) is 0 Å². The lowest BCUT2D eigenvalue weighted by atomic mass is 10.0. The molecular weight excluding hydrogens is 472 g/mol. The van der Waals surface area contributed by atoms with Gasteiger partial charge in [0.25, 0.3) is 0 Å². The van der Waals surface area contributed by atoms with Crippen LogP contribution in [0.2, 0.25) is 0 Å². The largest absolute Gasteiger partial charge is 0.481 e. The van der Waals surface area contributed by atoms with Gasteiger partial charge in [-0.1, -0.05) is 107 Å². The Kier molecular flexibility index (Phi) is 27.8. The first-order valence-electron chi connectivity index (χ1n) is 15.6. The fourth-order valence-electron chi connectivity index (χ4n) is 4.29. The summed E-state index contributed by atoms with van der Waals surface area (Å²) in [6, 6.07) is 0. The van der Waals surface area contributed by atoms with E-state index < -0.39 is 5.97 Å². The van der Waals surface area contributed by atoms with Gasteiger partial charge < -0.3 is 9.84 Å². The summed E-state index contributed by atoms with van der Waals surface area (Å²) in [5, 5.41) is 8.73. The quantitative estimate of drug-likeness (QED) is 0.0651. The molecule has 4 heteroatoms. The molecule has 0 aliphatic heterocycles. The lowest BCUT2D eigenvalue weighted by molar-refractivity contribution is -0.150. The predicted octanol–water partition coefficient (Wildman–Crippen LogP) is 10.4. The highest BCUT2D eigenvalue weighted by molar-refractivity contribution is 5.69. The summed E-state index contributed by atoms with van der Waals surface area (Å²) in [4.78, 5) is 23.1. The van der Waals surface area contributed by atoms with Crippen LogP contribution in [0.5, 0.6) is 0 Å². The van der Waals surface area contributed by atoms with Crippen molar-refractivity contribution in [3.05, 3.63) is 48.6 Å². The number of hydrogen-bond donors (Lipinski definition) is 1. The van der Waals surface area contributed by atoms with Crippen molar-refractivity contribution in [2.24, 2.45) is 0 Å². The molecule has 218 valence electrons. The second kappa shape index (κ2) is 29.5. The fraction of sp³-hybridized carbons (Fsp3) is 0.706. The first-order chi connectivity index (χ1) is 18.6. The molecule has 4 nitrogen and oxygen atoms in total. The van der Waals surface area contributed by atoms with Crippen LogP contribution in [-0.2, 0) is 14.3 Å². The zero-order valence-electron chi connectivity index (χ0n) is 24.7. The highest BCUT2D eigenvalue weighted by Crippen LogP contribution is 2.18. The number of allylic oxidation sites excluding steroid dienone is 8. The van der Waals surface area contributed by atoms with Gasteiger partial charge in [-0.15, -0.1) is 0 Å². The van der Waals surface area contributed by atoms with Gasteiger partial charge in [-0.25, -0.2) is 0 Å². The minimum Gasteiger partial charge on any atom is -0.481 e. The average molecular weight is 531 g/mol. The molecule has 0 rings (SSSR count). The Bertz CT molecular complexity index is 659. The van der Waals surface area contributed by atoms with Gasteiger partial charge in [0.1, 0.15) is 6.10 Å². The number of hydrogen-bond acceptors (Lipinski definition) is 3. The third-order valence-electron chi connectivity index (χ3n) is 6.57. The van der Waals surface area contributed by atoms with Gasteiger partial charge in [0.15, 0.2) is 0 Å². The Morgan fingerprint density at radius 2 is 1.11 bits per heavy atom. The summed E-state index contributed by atoms with van der Waals surface area (Å²) in [5.74, 6) is -0.756. The number of carbonyl (C=O) groups is 2. The highest BCUT2D eigenvalue weighted by atomic mass is 16.5. The number of carboxylic acids is 1.